The lowest BCUT2D eigenvalue weighted by atomic mass is 9.86. The van der Waals surface area contributed by atoms with Crippen LogP contribution in [0.4, 0.5) is 5.69 Å². The normalized spacial score (nSPS) is 14.9. The van der Waals surface area contributed by atoms with Crippen molar-refractivity contribution in [2.75, 3.05) is 18.1 Å². The fraction of sp³-hybridized carbons (Fsp3) is 0.429. The summed E-state index contributed by atoms with van der Waals surface area (Å²) in [5.41, 5.74) is 1.57. The Morgan fingerprint density at radius 2 is 2.11 bits per heavy atom. The Hall–Kier alpha value is -2.04. The third-order valence-corrected chi connectivity index (χ3v) is 3.06. The van der Waals surface area contributed by atoms with Crippen LogP contribution in [0.3, 0.4) is 0 Å². The molecule has 1 amide bonds. The number of carboxylic acid groups (broad SMARTS) is 1. The second-order valence-corrected chi connectivity index (χ2v) is 5.59. The lowest BCUT2D eigenvalue weighted by molar-refractivity contribution is -0.137. The molecule has 5 nitrogen and oxygen atoms in total. The zero-order chi connectivity index (χ0) is 14.2. The van der Waals surface area contributed by atoms with E-state index in [0.29, 0.717) is 11.4 Å². The predicted molar refractivity (Wildman–Crippen MR) is 70.6 cm³/mol. The van der Waals surface area contributed by atoms with Gasteiger partial charge in [-0.2, -0.15) is 0 Å². The first-order chi connectivity index (χ1) is 8.79. The number of aliphatic carboxylic acids is 1. The fourth-order valence-corrected chi connectivity index (χ4v) is 1.98. The van der Waals surface area contributed by atoms with Gasteiger partial charge in [-0.05, 0) is 23.1 Å². The minimum atomic E-state index is -1.04. The van der Waals surface area contributed by atoms with E-state index in [2.05, 4.69) is 20.8 Å². The molecule has 0 fully saturated rings. The zero-order valence-electron chi connectivity index (χ0n) is 11.3. The molecule has 0 aliphatic carbocycles. The van der Waals surface area contributed by atoms with Gasteiger partial charge in [0, 0.05) is 0 Å². The number of carboxylic acids is 1. The van der Waals surface area contributed by atoms with Crippen molar-refractivity contribution in [3.63, 3.8) is 0 Å². The number of hydrogen-bond donors (Lipinski definition) is 1. The maximum atomic E-state index is 11.7. The van der Waals surface area contributed by atoms with Crippen LogP contribution in [-0.4, -0.2) is 30.1 Å². The number of fused-ring (bicyclic) bond motifs is 1. The standard InChI is InChI=1S/C14H17NO4/c1-14(2,3)9-4-5-10-11(6-9)19-8-12(16)15(10)7-13(17)18/h4-6H,7-8H2,1-3H3,(H,17,18). The summed E-state index contributed by atoms with van der Waals surface area (Å²) in [7, 11) is 0. The molecule has 0 spiro atoms. The molecule has 0 saturated carbocycles. The van der Waals surface area contributed by atoms with Crippen molar-refractivity contribution in [3.8, 4) is 5.75 Å². The van der Waals surface area contributed by atoms with Crippen LogP contribution in [0, 0.1) is 0 Å². The van der Waals surface area contributed by atoms with Crippen LogP contribution in [0.5, 0.6) is 5.75 Å². The molecule has 1 aromatic carbocycles. The first-order valence-electron chi connectivity index (χ1n) is 6.08. The number of carbonyl (C=O) groups is 2. The van der Waals surface area contributed by atoms with Gasteiger partial charge >= 0.3 is 5.97 Å². The van der Waals surface area contributed by atoms with Gasteiger partial charge in [-0.25, -0.2) is 0 Å². The van der Waals surface area contributed by atoms with Gasteiger partial charge in [0.05, 0.1) is 5.69 Å². The lowest BCUT2D eigenvalue weighted by Gasteiger charge is -2.30. The van der Waals surface area contributed by atoms with E-state index in [-0.39, 0.29) is 24.5 Å². The van der Waals surface area contributed by atoms with E-state index in [4.69, 9.17) is 9.84 Å². The molecule has 0 unspecified atom stereocenters. The number of rotatable bonds is 2. The van der Waals surface area contributed by atoms with Gasteiger partial charge in [0.15, 0.2) is 6.61 Å². The van der Waals surface area contributed by atoms with Crippen LogP contribution in [0.15, 0.2) is 18.2 Å². The summed E-state index contributed by atoms with van der Waals surface area (Å²) in [6.07, 6.45) is 0. The average Bonchev–Trinajstić information content (AvgIpc) is 2.30. The first-order valence-corrected chi connectivity index (χ1v) is 6.08. The van der Waals surface area contributed by atoms with Gasteiger partial charge in [0.25, 0.3) is 5.91 Å². The van der Waals surface area contributed by atoms with E-state index >= 15 is 0 Å². The predicted octanol–water partition coefficient (Wildman–Crippen LogP) is 1.79. The molecule has 1 aliphatic heterocycles. The quantitative estimate of drug-likeness (QED) is 0.883. The molecule has 19 heavy (non-hydrogen) atoms. The van der Waals surface area contributed by atoms with Gasteiger partial charge in [-0.3, -0.25) is 14.5 Å². The summed E-state index contributed by atoms with van der Waals surface area (Å²) in [5.74, 6) is -0.812. The first kappa shape index (κ1) is 13.4. The molecule has 1 N–H and O–H groups in total. The smallest absolute Gasteiger partial charge is 0.323 e. The molecule has 2 rings (SSSR count). The maximum Gasteiger partial charge on any atom is 0.323 e. The number of benzene rings is 1. The van der Waals surface area contributed by atoms with Crippen molar-refractivity contribution in [3.05, 3.63) is 23.8 Å². The van der Waals surface area contributed by atoms with Crippen molar-refractivity contribution in [2.24, 2.45) is 0 Å². The second kappa shape index (κ2) is 4.57. The topological polar surface area (TPSA) is 66.8 Å². The molecule has 1 aliphatic rings. The summed E-state index contributed by atoms with van der Waals surface area (Å²) in [6, 6.07) is 5.52. The molecule has 1 heterocycles. The van der Waals surface area contributed by atoms with Gasteiger partial charge in [-0.15, -0.1) is 0 Å². The van der Waals surface area contributed by atoms with E-state index in [1.54, 1.807) is 6.07 Å². The number of anilines is 1. The van der Waals surface area contributed by atoms with Crippen molar-refractivity contribution >= 4 is 17.6 Å². The zero-order valence-corrected chi connectivity index (χ0v) is 11.3. The molecule has 0 radical (unpaired) electrons. The van der Waals surface area contributed by atoms with Crippen LogP contribution in [0.25, 0.3) is 0 Å². The Labute approximate surface area is 111 Å². The molecule has 5 heteroatoms. The third-order valence-electron chi connectivity index (χ3n) is 3.06. The van der Waals surface area contributed by atoms with Gasteiger partial charge < -0.3 is 9.84 Å². The highest BCUT2D eigenvalue weighted by Gasteiger charge is 2.28. The van der Waals surface area contributed by atoms with Crippen molar-refractivity contribution < 1.29 is 19.4 Å². The van der Waals surface area contributed by atoms with E-state index in [1.807, 2.05) is 12.1 Å². The minimum absolute atomic E-state index is 0.0303. The molecule has 1 aromatic rings. The Morgan fingerprint density at radius 3 is 2.68 bits per heavy atom. The highest BCUT2D eigenvalue weighted by atomic mass is 16.5. The lowest BCUT2D eigenvalue weighted by Crippen LogP contribution is -2.42. The van der Waals surface area contributed by atoms with Crippen LogP contribution in [0.1, 0.15) is 26.3 Å². The number of ether oxygens (including phenoxy) is 1. The maximum absolute atomic E-state index is 11.7. The Morgan fingerprint density at radius 1 is 1.42 bits per heavy atom. The minimum Gasteiger partial charge on any atom is -0.482 e. The summed E-state index contributed by atoms with van der Waals surface area (Å²) in [5, 5.41) is 8.86. The van der Waals surface area contributed by atoms with E-state index in [9.17, 15) is 9.59 Å². The van der Waals surface area contributed by atoms with Crippen LogP contribution in [-0.2, 0) is 15.0 Å². The number of amides is 1. The highest BCUT2D eigenvalue weighted by Crippen LogP contribution is 2.36. The summed E-state index contributed by atoms with van der Waals surface area (Å²) in [4.78, 5) is 23.8. The van der Waals surface area contributed by atoms with E-state index in [1.165, 1.54) is 4.90 Å². The molecular weight excluding hydrogens is 246 g/mol. The summed E-state index contributed by atoms with van der Waals surface area (Å²) in [6.45, 7) is 5.78. The van der Waals surface area contributed by atoms with Crippen molar-refractivity contribution in [1.29, 1.82) is 0 Å². The number of hydrogen-bond acceptors (Lipinski definition) is 3. The molecule has 0 atom stereocenters. The number of nitrogens with zero attached hydrogens (tertiary/aromatic N) is 1. The summed E-state index contributed by atoms with van der Waals surface area (Å²) < 4.78 is 5.40. The van der Waals surface area contributed by atoms with Crippen molar-refractivity contribution in [1.82, 2.24) is 0 Å². The molecule has 0 bridgehead atoms. The third kappa shape index (κ3) is 2.70. The van der Waals surface area contributed by atoms with Crippen LogP contribution >= 0.6 is 0 Å². The average molecular weight is 263 g/mol. The number of carbonyl (C=O) groups excluding carboxylic acids is 1. The largest absolute Gasteiger partial charge is 0.482 e. The molecular formula is C14H17NO4. The van der Waals surface area contributed by atoms with Crippen LogP contribution in [0.2, 0.25) is 0 Å². The Balaban J connectivity index is 2.41. The SMILES string of the molecule is CC(C)(C)c1ccc2c(c1)OCC(=O)N2CC(=O)O. The van der Waals surface area contributed by atoms with Gasteiger partial charge in [0.2, 0.25) is 0 Å². The van der Waals surface area contributed by atoms with E-state index < -0.39 is 5.97 Å². The highest BCUT2D eigenvalue weighted by molar-refractivity contribution is 6.01. The van der Waals surface area contributed by atoms with Gasteiger partial charge in [-0.1, -0.05) is 26.8 Å². The summed E-state index contributed by atoms with van der Waals surface area (Å²) >= 11 is 0. The van der Waals surface area contributed by atoms with E-state index in [0.717, 1.165) is 5.56 Å². The Kier molecular flexibility index (Phi) is 3.22. The van der Waals surface area contributed by atoms with Crippen molar-refractivity contribution in [2.45, 2.75) is 26.2 Å². The molecule has 0 saturated heterocycles. The second-order valence-electron chi connectivity index (χ2n) is 5.59. The van der Waals surface area contributed by atoms with Crippen LogP contribution < -0.4 is 9.64 Å². The molecule has 0 aromatic heterocycles. The van der Waals surface area contributed by atoms with Gasteiger partial charge in [0.1, 0.15) is 12.3 Å². The Bertz CT molecular complexity index is 531. The monoisotopic (exact) mass is 263 g/mol. The fourth-order valence-electron chi connectivity index (χ4n) is 1.98. The molecule has 102 valence electrons.